The van der Waals surface area contributed by atoms with Gasteiger partial charge in [0.15, 0.2) is 0 Å². The number of nitrogens with zero attached hydrogens (tertiary/aromatic N) is 1. The Morgan fingerprint density at radius 2 is 2.07 bits per heavy atom. The van der Waals surface area contributed by atoms with Crippen LogP contribution in [0.2, 0.25) is 0 Å². The van der Waals surface area contributed by atoms with Crippen LogP contribution >= 0.6 is 0 Å². The average molecular weight is 195 g/mol. The standard InChI is InChI=1S/C9H13N3O2/c1-6(10)9(11)7-3-2-4-8(5-7)12(13)14/h2-6,9H,10-11H2,1H3/t6-,9+/m0/s1. The second-order valence-corrected chi connectivity index (χ2v) is 3.24. The molecule has 0 aliphatic rings. The zero-order valence-corrected chi connectivity index (χ0v) is 7.88. The first-order chi connectivity index (χ1) is 6.52. The van der Waals surface area contributed by atoms with E-state index in [4.69, 9.17) is 11.5 Å². The van der Waals surface area contributed by atoms with Gasteiger partial charge in [0.25, 0.3) is 5.69 Å². The summed E-state index contributed by atoms with van der Waals surface area (Å²) in [6, 6.07) is 5.63. The second-order valence-electron chi connectivity index (χ2n) is 3.24. The monoisotopic (exact) mass is 195 g/mol. The summed E-state index contributed by atoms with van der Waals surface area (Å²) in [5, 5.41) is 10.5. The van der Waals surface area contributed by atoms with Gasteiger partial charge in [-0.1, -0.05) is 12.1 Å². The average Bonchev–Trinajstić information content (AvgIpc) is 2.16. The van der Waals surface area contributed by atoms with Gasteiger partial charge in [-0.3, -0.25) is 10.1 Å². The fourth-order valence-corrected chi connectivity index (χ4v) is 1.15. The highest BCUT2D eigenvalue weighted by Gasteiger charge is 2.13. The van der Waals surface area contributed by atoms with Crippen molar-refractivity contribution in [1.29, 1.82) is 0 Å². The van der Waals surface area contributed by atoms with Gasteiger partial charge in [0, 0.05) is 24.2 Å². The van der Waals surface area contributed by atoms with Gasteiger partial charge >= 0.3 is 0 Å². The Kier molecular flexibility index (Phi) is 3.16. The summed E-state index contributed by atoms with van der Waals surface area (Å²) >= 11 is 0. The lowest BCUT2D eigenvalue weighted by molar-refractivity contribution is -0.384. The Balaban J connectivity index is 2.99. The smallest absolute Gasteiger partial charge is 0.269 e. The van der Waals surface area contributed by atoms with Gasteiger partial charge in [0.2, 0.25) is 0 Å². The van der Waals surface area contributed by atoms with Crippen LogP contribution in [0, 0.1) is 10.1 Å². The van der Waals surface area contributed by atoms with E-state index >= 15 is 0 Å². The minimum Gasteiger partial charge on any atom is -0.326 e. The number of nitro benzene ring substituents is 1. The van der Waals surface area contributed by atoms with Crippen LogP contribution in [0.25, 0.3) is 0 Å². The van der Waals surface area contributed by atoms with Crippen LogP contribution in [0.4, 0.5) is 5.69 Å². The van der Waals surface area contributed by atoms with Crippen molar-refractivity contribution in [2.24, 2.45) is 11.5 Å². The number of nitrogens with two attached hydrogens (primary N) is 2. The number of hydrogen-bond donors (Lipinski definition) is 2. The first kappa shape index (κ1) is 10.6. The summed E-state index contributed by atoms with van der Waals surface area (Å²) in [5.41, 5.74) is 12.1. The number of non-ortho nitro benzene ring substituents is 1. The molecule has 0 radical (unpaired) electrons. The first-order valence-corrected chi connectivity index (χ1v) is 4.28. The van der Waals surface area contributed by atoms with Crippen molar-refractivity contribution >= 4 is 5.69 Å². The van der Waals surface area contributed by atoms with Gasteiger partial charge in [0.05, 0.1) is 4.92 Å². The molecular weight excluding hydrogens is 182 g/mol. The van der Waals surface area contributed by atoms with Crippen LogP contribution < -0.4 is 11.5 Å². The second kappa shape index (κ2) is 4.17. The molecule has 0 saturated heterocycles. The molecule has 1 rings (SSSR count). The van der Waals surface area contributed by atoms with Crippen molar-refractivity contribution < 1.29 is 4.92 Å². The maximum Gasteiger partial charge on any atom is 0.269 e. The molecule has 76 valence electrons. The van der Waals surface area contributed by atoms with Crippen molar-refractivity contribution in [3.63, 3.8) is 0 Å². The molecule has 0 aliphatic carbocycles. The lowest BCUT2D eigenvalue weighted by Gasteiger charge is -2.15. The summed E-state index contributed by atoms with van der Waals surface area (Å²) in [6.07, 6.45) is 0. The van der Waals surface area contributed by atoms with Gasteiger partial charge in [0.1, 0.15) is 0 Å². The number of hydrogen-bond acceptors (Lipinski definition) is 4. The van der Waals surface area contributed by atoms with E-state index in [1.807, 2.05) is 0 Å². The van der Waals surface area contributed by atoms with E-state index < -0.39 is 4.92 Å². The third kappa shape index (κ3) is 2.27. The first-order valence-electron chi connectivity index (χ1n) is 4.28. The molecule has 1 aromatic carbocycles. The van der Waals surface area contributed by atoms with Crippen LogP contribution in [-0.4, -0.2) is 11.0 Å². The summed E-state index contributed by atoms with van der Waals surface area (Å²) in [6.45, 7) is 1.77. The molecule has 0 aromatic heterocycles. The highest BCUT2D eigenvalue weighted by atomic mass is 16.6. The predicted octanol–water partition coefficient (Wildman–Crippen LogP) is 0.942. The Labute approximate surface area is 81.9 Å². The quantitative estimate of drug-likeness (QED) is 0.554. The van der Waals surface area contributed by atoms with Gasteiger partial charge in [-0.25, -0.2) is 0 Å². The van der Waals surface area contributed by atoms with E-state index in [-0.39, 0.29) is 17.8 Å². The lowest BCUT2D eigenvalue weighted by Crippen LogP contribution is -2.31. The van der Waals surface area contributed by atoms with E-state index in [2.05, 4.69) is 0 Å². The number of rotatable bonds is 3. The Morgan fingerprint density at radius 1 is 1.43 bits per heavy atom. The fraction of sp³-hybridized carbons (Fsp3) is 0.333. The Hall–Kier alpha value is -1.46. The Bertz CT molecular complexity index is 339. The number of nitro groups is 1. The van der Waals surface area contributed by atoms with Crippen molar-refractivity contribution in [3.05, 3.63) is 39.9 Å². The largest absolute Gasteiger partial charge is 0.326 e. The Morgan fingerprint density at radius 3 is 2.57 bits per heavy atom. The molecule has 1 aromatic rings. The van der Waals surface area contributed by atoms with Crippen LogP contribution in [0.3, 0.4) is 0 Å². The van der Waals surface area contributed by atoms with Crippen molar-refractivity contribution in [2.45, 2.75) is 19.0 Å². The molecule has 2 atom stereocenters. The zero-order chi connectivity index (χ0) is 10.7. The summed E-state index contributed by atoms with van der Waals surface area (Å²) in [4.78, 5) is 10.0. The highest BCUT2D eigenvalue weighted by Crippen LogP contribution is 2.18. The molecule has 0 saturated carbocycles. The van der Waals surface area contributed by atoms with E-state index in [0.29, 0.717) is 5.56 Å². The molecule has 4 N–H and O–H groups in total. The van der Waals surface area contributed by atoms with E-state index in [9.17, 15) is 10.1 Å². The molecule has 0 aliphatic heterocycles. The molecule has 0 heterocycles. The maximum absolute atomic E-state index is 10.5. The lowest BCUT2D eigenvalue weighted by atomic mass is 10.0. The molecular formula is C9H13N3O2. The van der Waals surface area contributed by atoms with E-state index in [1.54, 1.807) is 19.1 Å². The normalized spacial score (nSPS) is 14.8. The fourth-order valence-electron chi connectivity index (χ4n) is 1.15. The highest BCUT2D eigenvalue weighted by molar-refractivity contribution is 5.36. The molecule has 0 amide bonds. The van der Waals surface area contributed by atoms with Crippen LogP contribution in [0.15, 0.2) is 24.3 Å². The minimum atomic E-state index is -0.447. The van der Waals surface area contributed by atoms with Crippen LogP contribution in [-0.2, 0) is 0 Å². The molecule has 0 bridgehead atoms. The third-order valence-electron chi connectivity index (χ3n) is 2.03. The van der Waals surface area contributed by atoms with Gasteiger partial charge < -0.3 is 11.5 Å². The molecule has 14 heavy (non-hydrogen) atoms. The molecule has 0 unspecified atom stereocenters. The zero-order valence-electron chi connectivity index (χ0n) is 7.88. The summed E-state index contributed by atoms with van der Waals surface area (Å²) in [5.74, 6) is 0. The van der Waals surface area contributed by atoms with E-state index in [0.717, 1.165) is 0 Å². The molecule has 5 heteroatoms. The SMILES string of the molecule is C[C@H](N)[C@@H](N)c1cccc([N+](=O)[O-])c1. The minimum absolute atomic E-state index is 0.0404. The molecule has 0 spiro atoms. The van der Waals surface area contributed by atoms with Gasteiger partial charge in [-0.05, 0) is 12.5 Å². The molecule has 5 nitrogen and oxygen atoms in total. The van der Waals surface area contributed by atoms with Crippen molar-refractivity contribution in [2.75, 3.05) is 0 Å². The summed E-state index contributed by atoms with van der Waals surface area (Å²) < 4.78 is 0. The topological polar surface area (TPSA) is 95.2 Å². The predicted molar refractivity (Wildman–Crippen MR) is 53.7 cm³/mol. The van der Waals surface area contributed by atoms with Crippen LogP contribution in [0.1, 0.15) is 18.5 Å². The van der Waals surface area contributed by atoms with Crippen molar-refractivity contribution in [1.82, 2.24) is 0 Å². The number of benzene rings is 1. The third-order valence-corrected chi connectivity index (χ3v) is 2.03. The van der Waals surface area contributed by atoms with E-state index in [1.165, 1.54) is 12.1 Å². The van der Waals surface area contributed by atoms with Crippen LogP contribution in [0.5, 0.6) is 0 Å². The summed E-state index contributed by atoms with van der Waals surface area (Å²) in [7, 11) is 0. The molecule has 0 fully saturated rings. The van der Waals surface area contributed by atoms with Crippen molar-refractivity contribution in [3.8, 4) is 0 Å². The maximum atomic E-state index is 10.5. The van der Waals surface area contributed by atoms with Gasteiger partial charge in [-0.15, -0.1) is 0 Å². The van der Waals surface area contributed by atoms with Gasteiger partial charge in [-0.2, -0.15) is 0 Å².